The van der Waals surface area contributed by atoms with Crippen LogP contribution in [0.15, 0.2) is 48.5 Å². The molecule has 0 saturated carbocycles. The molecule has 0 aromatic heterocycles. The van der Waals surface area contributed by atoms with Gasteiger partial charge in [0.2, 0.25) is 0 Å². The Labute approximate surface area is 123 Å². The predicted octanol–water partition coefficient (Wildman–Crippen LogP) is 3.01. The van der Waals surface area contributed by atoms with E-state index in [9.17, 15) is 9.90 Å². The highest BCUT2D eigenvalue weighted by molar-refractivity contribution is 5.97. The van der Waals surface area contributed by atoms with E-state index in [0.29, 0.717) is 17.1 Å². The number of carbonyl (C=O) groups excluding carboxylic acids is 1. The van der Waals surface area contributed by atoms with Gasteiger partial charge in [-0.05, 0) is 24.6 Å². The second-order valence-electron chi connectivity index (χ2n) is 4.66. The normalized spacial score (nSPS) is 11.8. The Balaban J connectivity index is 2.13. The summed E-state index contributed by atoms with van der Waals surface area (Å²) in [6.07, 6.45) is -0.753. The number of hydrogen-bond donors (Lipinski definition) is 1. The highest BCUT2D eigenvalue weighted by Crippen LogP contribution is 2.26. The third-order valence-electron chi connectivity index (χ3n) is 3.15. The number of methoxy groups -OCH3 is 1. The average molecular weight is 286 g/mol. The fourth-order valence-corrected chi connectivity index (χ4v) is 1.98. The van der Waals surface area contributed by atoms with E-state index in [-0.39, 0.29) is 12.4 Å². The molecule has 1 N–H and O–H groups in total. The first-order valence-corrected chi connectivity index (χ1v) is 6.66. The number of carbonyl (C=O) groups is 1. The summed E-state index contributed by atoms with van der Waals surface area (Å²) in [6, 6.07) is 14.2. The minimum absolute atomic E-state index is 0.0669. The van der Waals surface area contributed by atoms with Gasteiger partial charge in [0.05, 0.1) is 12.7 Å². The maximum atomic E-state index is 11.6. The number of rotatable bonds is 6. The van der Waals surface area contributed by atoms with E-state index in [1.165, 1.54) is 6.92 Å². The summed E-state index contributed by atoms with van der Waals surface area (Å²) in [5, 5.41) is 10.1. The molecular weight excluding hydrogens is 268 g/mol. The smallest absolute Gasteiger partial charge is 0.163 e. The van der Waals surface area contributed by atoms with Crippen molar-refractivity contribution in [2.75, 3.05) is 13.7 Å². The van der Waals surface area contributed by atoms with E-state index >= 15 is 0 Å². The van der Waals surface area contributed by atoms with E-state index in [4.69, 9.17) is 9.47 Å². The maximum absolute atomic E-state index is 11.6. The zero-order valence-electron chi connectivity index (χ0n) is 12.1. The molecule has 0 spiro atoms. The van der Waals surface area contributed by atoms with Crippen LogP contribution in [0.25, 0.3) is 0 Å². The van der Waals surface area contributed by atoms with Gasteiger partial charge in [-0.25, -0.2) is 0 Å². The predicted molar refractivity (Wildman–Crippen MR) is 79.9 cm³/mol. The van der Waals surface area contributed by atoms with Crippen LogP contribution in [0.2, 0.25) is 0 Å². The number of ether oxygens (including phenoxy) is 2. The Morgan fingerprint density at radius 1 is 1.19 bits per heavy atom. The summed E-state index contributed by atoms with van der Waals surface area (Å²) in [5.41, 5.74) is 1.24. The molecule has 0 amide bonds. The molecule has 0 aliphatic rings. The molecule has 1 atom stereocenters. The van der Waals surface area contributed by atoms with E-state index in [2.05, 4.69) is 0 Å². The van der Waals surface area contributed by atoms with Crippen molar-refractivity contribution in [1.29, 1.82) is 0 Å². The molecule has 0 radical (unpaired) electrons. The summed E-state index contributed by atoms with van der Waals surface area (Å²) in [7, 11) is 1.55. The van der Waals surface area contributed by atoms with Crippen molar-refractivity contribution in [2.24, 2.45) is 0 Å². The fraction of sp³-hybridized carbons (Fsp3) is 0.235. The fourth-order valence-electron chi connectivity index (χ4n) is 1.98. The lowest BCUT2D eigenvalue weighted by atomic mass is 10.1. The monoisotopic (exact) mass is 286 g/mol. The van der Waals surface area contributed by atoms with Crippen molar-refractivity contribution in [3.8, 4) is 11.5 Å². The molecule has 0 heterocycles. The summed E-state index contributed by atoms with van der Waals surface area (Å²) < 4.78 is 10.7. The van der Waals surface area contributed by atoms with Gasteiger partial charge in [0.15, 0.2) is 5.78 Å². The van der Waals surface area contributed by atoms with Gasteiger partial charge in [0.1, 0.15) is 24.2 Å². The first kappa shape index (κ1) is 15.1. The Hall–Kier alpha value is -2.33. The quantitative estimate of drug-likeness (QED) is 0.829. The molecule has 21 heavy (non-hydrogen) atoms. The SMILES string of the molecule is COc1ccc(C(C)=O)c(OCC(O)c2ccccc2)c1. The first-order chi connectivity index (χ1) is 10.1. The van der Waals surface area contributed by atoms with Crippen molar-refractivity contribution in [1.82, 2.24) is 0 Å². The Bertz CT molecular complexity index is 607. The summed E-state index contributed by atoms with van der Waals surface area (Å²) in [5.74, 6) is 0.919. The van der Waals surface area contributed by atoms with Crippen molar-refractivity contribution in [2.45, 2.75) is 13.0 Å². The molecule has 1 unspecified atom stereocenters. The van der Waals surface area contributed by atoms with Gasteiger partial charge in [0.25, 0.3) is 0 Å². The lowest BCUT2D eigenvalue weighted by Gasteiger charge is -2.15. The molecule has 0 aliphatic heterocycles. The number of hydrogen-bond acceptors (Lipinski definition) is 4. The van der Waals surface area contributed by atoms with E-state index in [0.717, 1.165) is 5.56 Å². The van der Waals surface area contributed by atoms with Crippen molar-refractivity contribution in [3.05, 3.63) is 59.7 Å². The lowest BCUT2D eigenvalue weighted by molar-refractivity contribution is 0.0977. The molecule has 4 heteroatoms. The molecule has 2 aromatic rings. The minimum atomic E-state index is -0.753. The average Bonchev–Trinajstić information content (AvgIpc) is 2.52. The minimum Gasteiger partial charge on any atom is -0.497 e. The summed E-state index contributed by atoms with van der Waals surface area (Å²) in [4.78, 5) is 11.6. The van der Waals surface area contributed by atoms with Crippen LogP contribution in [0.3, 0.4) is 0 Å². The van der Waals surface area contributed by atoms with Crippen LogP contribution < -0.4 is 9.47 Å². The van der Waals surface area contributed by atoms with Crippen molar-refractivity contribution < 1.29 is 19.4 Å². The second-order valence-corrected chi connectivity index (χ2v) is 4.66. The number of aliphatic hydroxyl groups excluding tert-OH is 1. The highest BCUT2D eigenvalue weighted by Gasteiger charge is 2.13. The van der Waals surface area contributed by atoms with Crippen LogP contribution in [0.1, 0.15) is 28.9 Å². The van der Waals surface area contributed by atoms with E-state index in [1.54, 1.807) is 25.3 Å². The van der Waals surface area contributed by atoms with E-state index in [1.807, 2.05) is 30.3 Å². The van der Waals surface area contributed by atoms with Crippen LogP contribution in [-0.2, 0) is 0 Å². The van der Waals surface area contributed by atoms with Crippen LogP contribution >= 0.6 is 0 Å². The van der Waals surface area contributed by atoms with Crippen LogP contribution in [0.5, 0.6) is 11.5 Å². The lowest BCUT2D eigenvalue weighted by Crippen LogP contribution is -2.11. The number of ketones is 1. The molecule has 0 bridgehead atoms. The summed E-state index contributed by atoms with van der Waals surface area (Å²) >= 11 is 0. The standard InChI is InChI=1S/C17H18O4/c1-12(18)15-9-8-14(20-2)10-17(15)21-11-16(19)13-6-4-3-5-7-13/h3-10,16,19H,11H2,1-2H3. The van der Waals surface area contributed by atoms with Crippen molar-refractivity contribution >= 4 is 5.78 Å². The van der Waals surface area contributed by atoms with Gasteiger partial charge in [-0.3, -0.25) is 4.79 Å². The largest absolute Gasteiger partial charge is 0.497 e. The van der Waals surface area contributed by atoms with Crippen LogP contribution in [-0.4, -0.2) is 24.6 Å². The number of Topliss-reactive ketones (excluding diaryl/α,β-unsaturated/α-hetero) is 1. The third kappa shape index (κ3) is 3.83. The molecule has 2 aromatic carbocycles. The Kier molecular flexibility index (Phi) is 4.95. The molecule has 0 saturated heterocycles. The molecule has 4 nitrogen and oxygen atoms in total. The van der Waals surface area contributed by atoms with Crippen LogP contribution in [0.4, 0.5) is 0 Å². The number of benzene rings is 2. The molecule has 2 rings (SSSR count). The second kappa shape index (κ2) is 6.90. The van der Waals surface area contributed by atoms with Gasteiger partial charge >= 0.3 is 0 Å². The topological polar surface area (TPSA) is 55.8 Å². The molecule has 110 valence electrons. The Morgan fingerprint density at radius 3 is 2.52 bits per heavy atom. The maximum Gasteiger partial charge on any atom is 0.163 e. The molecular formula is C17H18O4. The highest BCUT2D eigenvalue weighted by atomic mass is 16.5. The zero-order valence-corrected chi connectivity index (χ0v) is 12.1. The molecule has 0 aliphatic carbocycles. The summed E-state index contributed by atoms with van der Waals surface area (Å²) in [6.45, 7) is 1.54. The Morgan fingerprint density at radius 2 is 1.90 bits per heavy atom. The third-order valence-corrected chi connectivity index (χ3v) is 3.15. The molecule has 0 fully saturated rings. The first-order valence-electron chi connectivity index (χ1n) is 6.66. The van der Waals surface area contributed by atoms with Crippen LogP contribution in [0, 0.1) is 0 Å². The van der Waals surface area contributed by atoms with Gasteiger partial charge in [-0.15, -0.1) is 0 Å². The van der Waals surface area contributed by atoms with E-state index < -0.39 is 6.10 Å². The van der Waals surface area contributed by atoms with Gasteiger partial charge in [0, 0.05) is 6.07 Å². The van der Waals surface area contributed by atoms with Gasteiger partial charge in [-0.2, -0.15) is 0 Å². The van der Waals surface area contributed by atoms with Gasteiger partial charge in [-0.1, -0.05) is 30.3 Å². The zero-order chi connectivity index (χ0) is 15.2. The van der Waals surface area contributed by atoms with Crippen molar-refractivity contribution in [3.63, 3.8) is 0 Å². The van der Waals surface area contributed by atoms with Gasteiger partial charge < -0.3 is 14.6 Å². The number of aliphatic hydroxyl groups is 1.